The number of urea groups is 1. The molecule has 2 N–H and O–H groups in total. The van der Waals surface area contributed by atoms with Gasteiger partial charge in [0, 0.05) is 18.3 Å². The van der Waals surface area contributed by atoms with E-state index >= 15 is 0 Å². The maximum atomic E-state index is 11.5. The first-order valence-corrected chi connectivity index (χ1v) is 6.72. The first-order chi connectivity index (χ1) is 8.02. The van der Waals surface area contributed by atoms with Crippen molar-refractivity contribution in [3.8, 4) is 0 Å². The summed E-state index contributed by atoms with van der Waals surface area (Å²) in [5.41, 5.74) is 0. The van der Waals surface area contributed by atoms with Gasteiger partial charge in [0.05, 0.1) is 0 Å². The highest BCUT2D eigenvalue weighted by molar-refractivity contribution is 6.19. The van der Waals surface area contributed by atoms with Gasteiger partial charge in [-0.2, -0.15) is 0 Å². The molecule has 0 spiro atoms. The highest BCUT2D eigenvalue weighted by Gasteiger charge is 2.26. The molecular formula is C12H21ClN2O2. The minimum Gasteiger partial charge on any atom is -0.335 e. The zero-order valence-corrected chi connectivity index (χ0v) is 11.2. The number of rotatable bonds is 3. The maximum absolute atomic E-state index is 11.5. The molecule has 0 saturated heterocycles. The second kappa shape index (κ2) is 6.84. The van der Waals surface area contributed by atoms with E-state index in [1.165, 1.54) is 0 Å². The van der Waals surface area contributed by atoms with E-state index in [0.717, 1.165) is 25.2 Å². The van der Waals surface area contributed by atoms with Crippen molar-refractivity contribution in [1.82, 2.24) is 10.6 Å². The Labute approximate surface area is 107 Å². The Hall–Kier alpha value is -0.770. The summed E-state index contributed by atoms with van der Waals surface area (Å²) in [5, 5.41) is 5.15. The Morgan fingerprint density at radius 1 is 1.29 bits per heavy atom. The maximum Gasteiger partial charge on any atom is 0.321 e. The summed E-state index contributed by atoms with van der Waals surface area (Å²) in [4.78, 5) is 22.7. The van der Waals surface area contributed by atoms with Crippen LogP contribution >= 0.6 is 11.6 Å². The van der Waals surface area contributed by atoms with Crippen LogP contribution in [0.2, 0.25) is 0 Å². The number of imide groups is 1. The average molecular weight is 261 g/mol. The van der Waals surface area contributed by atoms with Gasteiger partial charge in [0.15, 0.2) is 0 Å². The lowest BCUT2D eigenvalue weighted by Crippen LogP contribution is -2.48. The summed E-state index contributed by atoms with van der Waals surface area (Å²) in [6, 6.07) is -0.221. The minimum absolute atomic E-state index is 0.173. The molecule has 3 amide bonds. The van der Waals surface area contributed by atoms with Crippen molar-refractivity contribution < 1.29 is 9.59 Å². The Bertz CT molecular complexity index is 284. The van der Waals surface area contributed by atoms with Crippen LogP contribution in [0.4, 0.5) is 4.79 Å². The van der Waals surface area contributed by atoms with Gasteiger partial charge in [-0.1, -0.05) is 13.8 Å². The van der Waals surface area contributed by atoms with Gasteiger partial charge in [-0.25, -0.2) is 4.79 Å². The standard InChI is InChI=1S/C12H21ClN2O2/c1-8-3-4-10(9(2)7-8)14-12(17)15-11(16)5-6-13/h8-10H,3-7H2,1-2H3,(H2,14,15,16,17). The van der Waals surface area contributed by atoms with E-state index < -0.39 is 6.03 Å². The molecule has 0 heterocycles. The van der Waals surface area contributed by atoms with E-state index in [-0.39, 0.29) is 24.2 Å². The molecule has 1 aliphatic carbocycles. The molecule has 4 nitrogen and oxygen atoms in total. The minimum atomic E-state index is -0.397. The van der Waals surface area contributed by atoms with E-state index in [0.29, 0.717) is 5.92 Å². The zero-order valence-electron chi connectivity index (χ0n) is 10.5. The quantitative estimate of drug-likeness (QED) is 0.765. The third kappa shape index (κ3) is 4.94. The van der Waals surface area contributed by atoms with E-state index in [4.69, 9.17) is 11.6 Å². The first kappa shape index (κ1) is 14.3. The molecule has 0 radical (unpaired) electrons. The molecule has 1 saturated carbocycles. The number of halogens is 1. The third-order valence-electron chi connectivity index (χ3n) is 3.32. The van der Waals surface area contributed by atoms with Crippen LogP contribution < -0.4 is 10.6 Å². The van der Waals surface area contributed by atoms with Crippen LogP contribution in [-0.2, 0) is 4.79 Å². The zero-order chi connectivity index (χ0) is 12.8. The normalized spacial score (nSPS) is 28.5. The second-order valence-corrected chi connectivity index (χ2v) is 5.34. The van der Waals surface area contributed by atoms with Gasteiger partial charge in [-0.05, 0) is 31.1 Å². The molecule has 5 heteroatoms. The highest BCUT2D eigenvalue weighted by atomic mass is 35.5. The highest BCUT2D eigenvalue weighted by Crippen LogP contribution is 2.28. The molecule has 0 aromatic rings. The van der Waals surface area contributed by atoms with E-state index in [1.54, 1.807) is 0 Å². The molecular weight excluding hydrogens is 240 g/mol. The molecule has 1 fully saturated rings. The van der Waals surface area contributed by atoms with Crippen LogP contribution in [0, 0.1) is 11.8 Å². The van der Waals surface area contributed by atoms with Crippen molar-refractivity contribution in [2.24, 2.45) is 11.8 Å². The lowest BCUT2D eigenvalue weighted by molar-refractivity contribution is -0.119. The molecule has 1 rings (SSSR count). The molecule has 1 aliphatic rings. The van der Waals surface area contributed by atoms with E-state index in [9.17, 15) is 9.59 Å². The number of carbonyl (C=O) groups excluding carboxylic acids is 2. The monoisotopic (exact) mass is 260 g/mol. The fraction of sp³-hybridized carbons (Fsp3) is 0.833. The second-order valence-electron chi connectivity index (χ2n) is 4.96. The predicted molar refractivity (Wildman–Crippen MR) is 68.0 cm³/mol. The van der Waals surface area contributed by atoms with E-state index in [2.05, 4.69) is 24.5 Å². The lowest BCUT2D eigenvalue weighted by atomic mass is 9.80. The number of alkyl halides is 1. The van der Waals surface area contributed by atoms with Gasteiger partial charge >= 0.3 is 6.03 Å². The van der Waals surface area contributed by atoms with Gasteiger partial charge in [-0.3, -0.25) is 10.1 Å². The summed E-state index contributed by atoms with van der Waals surface area (Å²) >= 11 is 5.42. The molecule has 0 bridgehead atoms. The SMILES string of the molecule is CC1CCC(NC(=O)NC(=O)CCCl)C(C)C1. The molecule has 0 aromatic heterocycles. The third-order valence-corrected chi connectivity index (χ3v) is 3.51. The van der Waals surface area contributed by atoms with Crippen LogP contribution in [0.3, 0.4) is 0 Å². The molecule has 3 atom stereocenters. The summed E-state index contributed by atoms with van der Waals surface area (Å²) in [7, 11) is 0. The molecule has 3 unspecified atom stereocenters. The predicted octanol–water partition coefficient (Wildman–Crippen LogP) is 2.27. The number of amides is 3. The van der Waals surface area contributed by atoms with E-state index in [1.807, 2.05) is 0 Å². The molecule has 0 aliphatic heterocycles. The smallest absolute Gasteiger partial charge is 0.321 e. The first-order valence-electron chi connectivity index (χ1n) is 6.19. The molecule has 98 valence electrons. The van der Waals surface area contributed by atoms with Crippen molar-refractivity contribution in [1.29, 1.82) is 0 Å². The Morgan fingerprint density at radius 2 is 2.00 bits per heavy atom. The van der Waals surface area contributed by atoms with Crippen LogP contribution in [0.1, 0.15) is 39.5 Å². The summed E-state index contributed by atoms with van der Waals surface area (Å²) < 4.78 is 0. The molecule has 0 aromatic carbocycles. The van der Waals surface area contributed by atoms with Crippen molar-refractivity contribution in [3.63, 3.8) is 0 Å². The molecule has 17 heavy (non-hydrogen) atoms. The van der Waals surface area contributed by atoms with Crippen molar-refractivity contribution in [2.75, 3.05) is 5.88 Å². The van der Waals surface area contributed by atoms with Crippen molar-refractivity contribution >= 4 is 23.5 Å². The Morgan fingerprint density at radius 3 is 2.59 bits per heavy atom. The van der Waals surface area contributed by atoms with Crippen LogP contribution in [0.5, 0.6) is 0 Å². The summed E-state index contributed by atoms with van der Waals surface area (Å²) in [5.74, 6) is 1.10. The largest absolute Gasteiger partial charge is 0.335 e. The summed E-state index contributed by atoms with van der Waals surface area (Å²) in [6.45, 7) is 4.37. The van der Waals surface area contributed by atoms with Gasteiger partial charge < -0.3 is 5.32 Å². The Kier molecular flexibility index (Phi) is 5.75. The topological polar surface area (TPSA) is 58.2 Å². The Balaban J connectivity index is 2.33. The number of hydrogen-bond donors (Lipinski definition) is 2. The average Bonchev–Trinajstić information content (AvgIpc) is 2.22. The van der Waals surface area contributed by atoms with Gasteiger partial charge in [-0.15, -0.1) is 11.6 Å². The van der Waals surface area contributed by atoms with Crippen LogP contribution in [0.15, 0.2) is 0 Å². The fourth-order valence-corrected chi connectivity index (χ4v) is 2.53. The van der Waals surface area contributed by atoms with Gasteiger partial charge in [0.1, 0.15) is 0 Å². The van der Waals surface area contributed by atoms with Crippen molar-refractivity contribution in [3.05, 3.63) is 0 Å². The van der Waals surface area contributed by atoms with Gasteiger partial charge in [0.25, 0.3) is 0 Å². The van der Waals surface area contributed by atoms with Gasteiger partial charge in [0.2, 0.25) is 5.91 Å². The van der Waals surface area contributed by atoms with Crippen LogP contribution in [-0.4, -0.2) is 23.9 Å². The van der Waals surface area contributed by atoms with Crippen molar-refractivity contribution in [2.45, 2.75) is 45.6 Å². The lowest BCUT2D eigenvalue weighted by Gasteiger charge is -2.32. The number of carbonyl (C=O) groups is 2. The summed E-state index contributed by atoms with van der Waals surface area (Å²) in [6.07, 6.45) is 3.41. The van der Waals surface area contributed by atoms with Crippen LogP contribution in [0.25, 0.3) is 0 Å². The number of nitrogens with one attached hydrogen (secondary N) is 2. The fourth-order valence-electron chi connectivity index (χ4n) is 2.36. The number of hydrogen-bond acceptors (Lipinski definition) is 2.